The normalized spacial score (nSPS) is 9.23. The topological polar surface area (TPSA) is 144 Å². The van der Waals surface area contributed by atoms with Crippen molar-refractivity contribution < 1.29 is 27.0 Å². The molecule has 30 heavy (non-hydrogen) atoms. The summed E-state index contributed by atoms with van der Waals surface area (Å²) >= 11 is 0. The quantitative estimate of drug-likeness (QED) is 0.474. The molecule has 0 heterocycles. The number of alkyl halides is 4. The molecular formula is C19H23F4N5O2. The van der Waals surface area contributed by atoms with Crippen LogP contribution in [0.4, 0.5) is 34.6 Å². The Hall–Kier alpha value is -3.86. The number of halogens is 4. The van der Waals surface area contributed by atoms with E-state index in [9.17, 15) is 17.6 Å². The fourth-order valence-corrected chi connectivity index (χ4v) is 1.87. The van der Waals surface area contributed by atoms with Gasteiger partial charge in [-0.1, -0.05) is 14.9 Å². The third-order valence-electron chi connectivity index (χ3n) is 3.23. The first kappa shape index (κ1) is 28.4. The van der Waals surface area contributed by atoms with Crippen LogP contribution < -0.4 is 26.7 Å². The Labute approximate surface area is 172 Å². The second-order valence-electron chi connectivity index (χ2n) is 5.16. The van der Waals surface area contributed by atoms with Crippen molar-refractivity contribution in [3.63, 3.8) is 0 Å². The molecule has 0 aliphatic heterocycles. The Kier molecular flexibility index (Phi) is 11.9. The standard InChI is InChI=1S/C9H8F2N2O.C8H7F2N3O.2CH4/c1-5-2-8(14-9(10)11)6(4-12)3-7(5)13;9-8(10)14-7-2-6(13)5(12)1-4(7)3-11;;/h2-3,9H,13H2,1H3;1-2,8H,12-13H2;2*1H4. The van der Waals surface area contributed by atoms with Crippen molar-refractivity contribution in [3.8, 4) is 23.6 Å². The number of nitrogen functional groups attached to an aromatic ring is 3. The van der Waals surface area contributed by atoms with Crippen molar-refractivity contribution in [2.75, 3.05) is 17.2 Å². The molecule has 0 unspecified atom stereocenters. The van der Waals surface area contributed by atoms with Crippen molar-refractivity contribution in [2.24, 2.45) is 0 Å². The molecular weight excluding hydrogens is 406 g/mol. The van der Waals surface area contributed by atoms with Crippen LogP contribution in [0.1, 0.15) is 31.5 Å². The molecule has 164 valence electrons. The predicted molar refractivity (Wildman–Crippen MR) is 107 cm³/mol. The monoisotopic (exact) mass is 429 g/mol. The molecule has 0 bridgehead atoms. The fraction of sp³-hybridized carbons (Fsp3) is 0.263. The Morgan fingerprint density at radius 3 is 1.50 bits per heavy atom. The summed E-state index contributed by atoms with van der Waals surface area (Å²) in [6.45, 7) is -4.29. The molecule has 2 aromatic carbocycles. The first-order valence-corrected chi connectivity index (χ1v) is 7.38. The highest BCUT2D eigenvalue weighted by Gasteiger charge is 2.12. The lowest BCUT2D eigenvalue weighted by molar-refractivity contribution is -0.0507. The van der Waals surface area contributed by atoms with Crippen LogP contribution in [-0.2, 0) is 0 Å². The summed E-state index contributed by atoms with van der Waals surface area (Å²) in [5, 5.41) is 17.2. The van der Waals surface area contributed by atoms with Gasteiger partial charge in [0, 0.05) is 11.8 Å². The average molecular weight is 429 g/mol. The van der Waals surface area contributed by atoms with Gasteiger partial charge in [0.2, 0.25) is 0 Å². The Balaban J connectivity index is 0. The number of nitrogens with zero attached hydrogens (tertiary/aromatic N) is 2. The molecule has 0 saturated carbocycles. The van der Waals surface area contributed by atoms with Crippen LogP contribution in [0, 0.1) is 29.6 Å². The smallest absolute Gasteiger partial charge is 0.387 e. The lowest BCUT2D eigenvalue weighted by Crippen LogP contribution is -2.05. The predicted octanol–water partition coefficient (Wildman–Crippen LogP) is 4.65. The highest BCUT2D eigenvalue weighted by atomic mass is 19.3. The number of nitrogens with two attached hydrogens (primary N) is 3. The minimum Gasteiger partial charge on any atom is -0.433 e. The van der Waals surface area contributed by atoms with E-state index in [0.717, 1.165) is 6.07 Å². The van der Waals surface area contributed by atoms with Crippen LogP contribution >= 0.6 is 0 Å². The number of hydrogen-bond donors (Lipinski definition) is 3. The van der Waals surface area contributed by atoms with Gasteiger partial charge < -0.3 is 26.7 Å². The highest BCUT2D eigenvalue weighted by Crippen LogP contribution is 2.28. The van der Waals surface area contributed by atoms with E-state index in [0.29, 0.717) is 11.3 Å². The number of benzene rings is 2. The average Bonchev–Trinajstić information content (AvgIpc) is 2.60. The van der Waals surface area contributed by atoms with Crippen LogP contribution in [0.2, 0.25) is 0 Å². The molecule has 0 radical (unpaired) electrons. The summed E-state index contributed by atoms with van der Waals surface area (Å²) in [6.07, 6.45) is 0. The van der Waals surface area contributed by atoms with Crippen LogP contribution in [0.3, 0.4) is 0 Å². The highest BCUT2D eigenvalue weighted by molar-refractivity contribution is 5.69. The minimum atomic E-state index is -3.00. The van der Waals surface area contributed by atoms with Gasteiger partial charge in [-0.05, 0) is 30.7 Å². The van der Waals surface area contributed by atoms with Crippen LogP contribution in [-0.4, -0.2) is 13.2 Å². The fourth-order valence-electron chi connectivity index (χ4n) is 1.87. The first-order chi connectivity index (χ1) is 13.1. The zero-order chi connectivity index (χ0) is 21.4. The lowest BCUT2D eigenvalue weighted by atomic mass is 10.1. The van der Waals surface area contributed by atoms with Crippen molar-refractivity contribution in [3.05, 3.63) is 41.0 Å². The minimum absolute atomic E-state index is 0. The summed E-state index contributed by atoms with van der Waals surface area (Å²) < 4.78 is 55.8. The van der Waals surface area contributed by atoms with Gasteiger partial charge in [0.05, 0.1) is 22.5 Å². The van der Waals surface area contributed by atoms with E-state index in [-0.39, 0.29) is 48.9 Å². The van der Waals surface area contributed by atoms with E-state index in [2.05, 4.69) is 9.47 Å². The molecule has 7 nitrogen and oxygen atoms in total. The molecule has 0 aliphatic carbocycles. The molecule has 6 N–H and O–H groups in total. The molecule has 0 aromatic heterocycles. The van der Waals surface area contributed by atoms with E-state index in [1.807, 2.05) is 0 Å². The van der Waals surface area contributed by atoms with E-state index in [1.165, 1.54) is 18.2 Å². The number of anilines is 3. The third kappa shape index (κ3) is 8.02. The van der Waals surface area contributed by atoms with Crippen molar-refractivity contribution in [2.45, 2.75) is 35.0 Å². The second kappa shape index (κ2) is 12.6. The van der Waals surface area contributed by atoms with Gasteiger partial charge >= 0.3 is 13.2 Å². The molecule has 0 atom stereocenters. The maximum Gasteiger partial charge on any atom is 0.387 e. The second-order valence-corrected chi connectivity index (χ2v) is 5.16. The molecule has 0 aliphatic rings. The lowest BCUT2D eigenvalue weighted by Gasteiger charge is -2.08. The SMILES string of the molecule is C.C.Cc1cc(OC(F)F)c(C#N)cc1N.N#Cc1cc(N)c(N)cc1OC(F)F. The maximum atomic E-state index is 11.9. The Bertz CT molecular complexity index is 849. The molecule has 0 spiro atoms. The largest absolute Gasteiger partial charge is 0.433 e. The number of aryl methyl sites for hydroxylation is 1. The first-order valence-electron chi connectivity index (χ1n) is 7.38. The molecule has 2 rings (SSSR count). The van der Waals surface area contributed by atoms with Crippen molar-refractivity contribution >= 4 is 17.1 Å². The number of rotatable bonds is 4. The van der Waals surface area contributed by atoms with E-state index < -0.39 is 13.2 Å². The molecule has 0 saturated heterocycles. The molecule has 11 heteroatoms. The summed E-state index contributed by atoms with van der Waals surface area (Å²) in [4.78, 5) is 0. The number of ether oxygens (including phenoxy) is 2. The van der Waals surface area contributed by atoms with E-state index >= 15 is 0 Å². The van der Waals surface area contributed by atoms with Gasteiger partial charge in [-0.3, -0.25) is 0 Å². The zero-order valence-corrected chi connectivity index (χ0v) is 14.4. The summed E-state index contributed by atoms with van der Waals surface area (Å²) in [5.41, 5.74) is 17.4. The summed E-state index contributed by atoms with van der Waals surface area (Å²) in [6, 6.07) is 8.32. The van der Waals surface area contributed by atoms with E-state index in [4.69, 9.17) is 27.7 Å². The van der Waals surface area contributed by atoms with Gasteiger partial charge in [0.1, 0.15) is 23.6 Å². The van der Waals surface area contributed by atoms with Gasteiger partial charge in [-0.15, -0.1) is 0 Å². The summed E-state index contributed by atoms with van der Waals surface area (Å²) in [5.74, 6) is -0.414. The van der Waals surface area contributed by atoms with Gasteiger partial charge in [0.25, 0.3) is 0 Å². The van der Waals surface area contributed by atoms with Crippen LogP contribution in [0.15, 0.2) is 24.3 Å². The van der Waals surface area contributed by atoms with E-state index in [1.54, 1.807) is 19.1 Å². The summed E-state index contributed by atoms with van der Waals surface area (Å²) in [7, 11) is 0. The van der Waals surface area contributed by atoms with Crippen LogP contribution in [0.25, 0.3) is 0 Å². The molecule has 0 amide bonds. The Morgan fingerprint density at radius 1 is 0.733 bits per heavy atom. The van der Waals surface area contributed by atoms with Crippen LogP contribution in [0.5, 0.6) is 11.5 Å². The number of hydrogen-bond acceptors (Lipinski definition) is 7. The van der Waals surface area contributed by atoms with Gasteiger partial charge in [-0.25, -0.2) is 0 Å². The van der Waals surface area contributed by atoms with Gasteiger partial charge in [-0.2, -0.15) is 28.1 Å². The third-order valence-corrected chi connectivity index (χ3v) is 3.23. The zero-order valence-electron chi connectivity index (χ0n) is 14.4. The van der Waals surface area contributed by atoms with Crippen molar-refractivity contribution in [1.29, 1.82) is 10.5 Å². The molecule has 2 aromatic rings. The van der Waals surface area contributed by atoms with Gasteiger partial charge in [0.15, 0.2) is 0 Å². The maximum absolute atomic E-state index is 11.9. The Morgan fingerprint density at radius 2 is 1.10 bits per heavy atom. The van der Waals surface area contributed by atoms with Crippen molar-refractivity contribution in [1.82, 2.24) is 0 Å². The number of nitriles is 2. The molecule has 0 fully saturated rings.